The number of amides is 2. The number of benzene rings is 2. The van der Waals surface area contributed by atoms with Crippen LogP contribution in [0.4, 0.5) is 11.4 Å². The van der Waals surface area contributed by atoms with Gasteiger partial charge in [-0.15, -0.1) is 0 Å². The number of aromatic hydroxyl groups is 1. The first-order valence-electron chi connectivity index (χ1n) is 9.28. The third-order valence-electron chi connectivity index (χ3n) is 4.48. The van der Waals surface area contributed by atoms with Crippen molar-refractivity contribution in [1.82, 2.24) is 0 Å². The van der Waals surface area contributed by atoms with E-state index in [1.54, 1.807) is 45.9 Å². The Morgan fingerprint density at radius 2 is 1.57 bits per heavy atom. The van der Waals surface area contributed by atoms with E-state index >= 15 is 0 Å². The van der Waals surface area contributed by atoms with Gasteiger partial charge in [0.05, 0.1) is 25.6 Å². The smallest absolute Gasteiger partial charge is 0.229 e. The highest BCUT2D eigenvalue weighted by atomic mass is 35.5. The van der Waals surface area contributed by atoms with Crippen LogP contribution in [0.15, 0.2) is 18.2 Å². The van der Waals surface area contributed by atoms with E-state index < -0.39 is 5.41 Å². The molecule has 0 atom stereocenters. The zero-order valence-corrected chi connectivity index (χ0v) is 18.9. The van der Waals surface area contributed by atoms with Crippen molar-refractivity contribution in [1.29, 1.82) is 0 Å². The van der Waals surface area contributed by atoms with Crippen LogP contribution in [0.2, 0.25) is 5.02 Å². The molecule has 3 N–H and O–H groups in total. The van der Waals surface area contributed by atoms with Gasteiger partial charge < -0.3 is 25.2 Å². The SMILES string of the molecule is COc1cc(NC(=O)C(C)(C)C)c(-c2cc(C)c(O)c(Cl)c2NC(C)=O)cc1OC. The van der Waals surface area contributed by atoms with Gasteiger partial charge in [-0.3, -0.25) is 9.59 Å². The van der Waals surface area contributed by atoms with E-state index in [4.69, 9.17) is 21.1 Å². The minimum atomic E-state index is -0.645. The largest absolute Gasteiger partial charge is 0.506 e. The van der Waals surface area contributed by atoms with E-state index in [-0.39, 0.29) is 28.3 Å². The molecule has 0 spiro atoms. The topological polar surface area (TPSA) is 96.9 Å². The normalized spacial score (nSPS) is 11.1. The molecular weight excluding hydrogens is 408 g/mol. The Labute approximate surface area is 181 Å². The van der Waals surface area contributed by atoms with Crippen LogP contribution in [-0.4, -0.2) is 31.1 Å². The lowest BCUT2D eigenvalue weighted by molar-refractivity contribution is -0.123. The molecule has 0 aliphatic heterocycles. The van der Waals surface area contributed by atoms with E-state index in [0.717, 1.165) is 0 Å². The lowest BCUT2D eigenvalue weighted by Gasteiger charge is -2.23. The van der Waals surface area contributed by atoms with E-state index in [2.05, 4.69) is 10.6 Å². The molecule has 0 bridgehead atoms. The fourth-order valence-corrected chi connectivity index (χ4v) is 3.09. The number of nitrogens with one attached hydrogen (secondary N) is 2. The maximum atomic E-state index is 12.7. The summed E-state index contributed by atoms with van der Waals surface area (Å²) in [6, 6.07) is 5.01. The number of carbonyl (C=O) groups is 2. The predicted molar refractivity (Wildman–Crippen MR) is 119 cm³/mol. The Hall–Kier alpha value is -2.93. The van der Waals surface area contributed by atoms with Crippen LogP contribution in [-0.2, 0) is 9.59 Å². The van der Waals surface area contributed by atoms with Gasteiger partial charge >= 0.3 is 0 Å². The molecule has 0 aliphatic carbocycles. The molecular formula is C22H27ClN2O5. The van der Waals surface area contributed by atoms with Crippen molar-refractivity contribution in [3.8, 4) is 28.4 Å². The molecule has 2 amide bonds. The number of phenolic OH excluding ortho intramolecular Hbond substituents is 1. The Kier molecular flexibility index (Phi) is 6.87. The molecule has 162 valence electrons. The Morgan fingerprint density at radius 3 is 2.07 bits per heavy atom. The summed E-state index contributed by atoms with van der Waals surface area (Å²) in [5.41, 5.74) is 1.58. The molecule has 2 aromatic carbocycles. The fourth-order valence-electron chi connectivity index (χ4n) is 2.79. The van der Waals surface area contributed by atoms with E-state index in [0.29, 0.717) is 33.9 Å². The molecule has 0 fully saturated rings. The van der Waals surface area contributed by atoms with E-state index in [1.807, 2.05) is 0 Å². The average molecular weight is 435 g/mol. The second kappa shape index (κ2) is 8.83. The molecule has 0 unspecified atom stereocenters. The van der Waals surface area contributed by atoms with Crippen LogP contribution in [0.3, 0.4) is 0 Å². The number of methoxy groups -OCH3 is 2. The number of carbonyl (C=O) groups excluding carboxylic acids is 2. The number of hydrogen-bond acceptors (Lipinski definition) is 5. The first kappa shape index (κ1) is 23.3. The van der Waals surface area contributed by atoms with Crippen molar-refractivity contribution >= 4 is 34.8 Å². The third kappa shape index (κ3) is 4.79. The molecule has 0 saturated heterocycles. The molecule has 0 heterocycles. The summed E-state index contributed by atoms with van der Waals surface area (Å²) in [4.78, 5) is 24.5. The minimum Gasteiger partial charge on any atom is -0.506 e. The summed E-state index contributed by atoms with van der Waals surface area (Å²) in [6.07, 6.45) is 0. The highest BCUT2D eigenvalue weighted by Gasteiger charge is 2.25. The lowest BCUT2D eigenvalue weighted by atomic mass is 9.94. The van der Waals surface area contributed by atoms with Gasteiger partial charge in [0.1, 0.15) is 10.8 Å². The minimum absolute atomic E-state index is 0.00285. The van der Waals surface area contributed by atoms with Gasteiger partial charge in [-0.25, -0.2) is 0 Å². The van der Waals surface area contributed by atoms with Crippen molar-refractivity contribution in [3.05, 3.63) is 28.8 Å². The maximum Gasteiger partial charge on any atom is 0.229 e. The van der Waals surface area contributed by atoms with Crippen LogP contribution < -0.4 is 20.1 Å². The van der Waals surface area contributed by atoms with Crippen molar-refractivity contribution in [2.45, 2.75) is 34.6 Å². The van der Waals surface area contributed by atoms with E-state index in [1.165, 1.54) is 21.1 Å². The Bertz CT molecular complexity index is 996. The first-order chi connectivity index (χ1) is 13.9. The van der Waals surface area contributed by atoms with Crippen LogP contribution in [0.5, 0.6) is 17.2 Å². The van der Waals surface area contributed by atoms with Gasteiger partial charge in [-0.1, -0.05) is 32.4 Å². The number of anilines is 2. The number of phenols is 1. The van der Waals surface area contributed by atoms with Crippen LogP contribution >= 0.6 is 11.6 Å². The van der Waals surface area contributed by atoms with Crippen molar-refractivity contribution in [2.75, 3.05) is 24.9 Å². The molecule has 0 aromatic heterocycles. The Morgan fingerprint density at radius 1 is 1.00 bits per heavy atom. The predicted octanol–water partition coefficient (Wildman–Crippen LogP) is 4.98. The highest BCUT2D eigenvalue weighted by Crippen LogP contribution is 2.47. The van der Waals surface area contributed by atoms with Gasteiger partial charge in [0.25, 0.3) is 0 Å². The van der Waals surface area contributed by atoms with Crippen LogP contribution in [0.25, 0.3) is 11.1 Å². The molecule has 2 aromatic rings. The monoisotopic (exact) mass is 434 g/mol. The van der Waals surface area contributed by atoms with Crippen LogP contribution in [0, 0.1) is 12.3 Å². The van der Waals surface area contributed by atoms with Crippen molar-refractivity contribution in [3.63, 3.8) is 0 Å². The summed E-state index contributed by atoms with van der Waals surface area (Å²) in [7, 11) is 3.00. The molecule has 8 heteroatoms. The van der Waals surface area contributed by atoms with Gasteiger partial charge in [0.15, 0.2) is 11.5 Å². The van der Waals surface area contributed by atoms with Crippen molar-refractivity contribution < 1.29 is 24.2 Å². The molecule has 2 rings (SSSR count). The molecule has 0 saturated carbocycles. The number of halogens is 1. The Balaban J connectivity index is 2.85. The van der Waals surface area contributed by atoms with Crippen LogP contribution in [0.1, 0.15) is 33.3 Å². The quantitative estimate of drug-likeness (QED) is 0.616. The van der Waals surface area contributed by atoms with Gasteiger partial charge in [0, 0.05) is 29.5 Å². The number of aryl methyl sites for hydroxylation is 1. The number of ether oxygens (including phenoxy) is 2. The second-order valence-corrected chi connectivity index (χ2v) is 8.29. The molecule has 0 aliphatic rings. The highest BCUT2D eigenvalue weighted by molar-refractivity contribution is 6.36. The summed E-state index contributed by atoms with van der Waals surface area (Å²) in [6.45, 7) is 8.43. The lowest BCUT2D eigenvalue weighted by Crippen LogP contribution is -2.28. The second-order valence-electron chi connectivity index (χ2n) is 7.92. The summed E-state index contributed by atoms with van der Waals surface area (Å²) in [5, 5.41) is 15.9. The fraction of sp³-hybridized carbons (Fsp3) is 0.364. The summed E-state index contributed by atoms with van der Waals surface area (Å²) < 4.78 is 10.8. The molecule has 7 nitrogen and oxygen atoms in total. The van der Waals surface area contributed by atoms with Gasteiger partial charge in [-0.2, -0.15) is 0 Å². The summed E-state index contributed by atoms with van der Waals surface area (Å²) >= 11 is 6.35. The summed E-state index contributed by atoms with van der Waals surface area (Å²) in [5.74, 6) is 0.149. The zero-order valence-electron chi connectivity index (χ0n) is 18.2. The first-order valence-corrected chi connectivity index (χ1v) is 9.66. The molecule has 0 radical (unpaired) electrons. The molecule has 30 heavy (non-hydrogen) atoms. The number of rotatable bonds is 5. The number of hydrogen-bond donors (Lipinski definition) is 3. The van der Waals surface area contributed by atoms with Gasteiger partial charge in [-0.05, 0) is 24.6 Å². The van der Waals surface area contributed by atoms with Gasteiger partial charge in [0.2, 0.25) is 11.8 Å². The average Bonchev–Trinajstić information content (AvgIpc) is 2.67. The van der Waals surface area contributed by atoms with Crippen molar-refractivity contribution in [2.24, 2.45) is 5.41 Å². The van der Waals surface area contributed by atoms with E-state index in [9.17, 15) is 14.7 Å². The maximum absolute atomic E-state index is 12.7. The third-order valence-corrected chi connectivity index (χ3v) is 4.84. The standard InChI is InChI=1S/C22H27ClN2O5/c1-11-8-14(19(24-12(2)26)18(23)20(11)27)13-9-16(29-6)17(30-7)10-15(13)25-21(28)22(3,4)5/h8-10,27H,1-7H3,(H,24,26)(H,25,28). The zero-order chi connectivity index (χ0) is 22.8.